The molecule has 0 amide bonds. The second-order valence-corrected chi connectivity index (χ2v) is 5.77. The third-order valence-electron chi connectivity index (χ3n) is 3.97. The molecule has 0 radical (unpaired) electrons. The number of fused-ring (bicyclic) bond motifs is 1. The van der Waals surface area contributed by atoms with E-state index in [1.807, 2.05) is 18.2 Å². The van der Waals surface area contributed by atoms with Crippen LogP contribution in [-0.2, 0) is 0 Å². The highest BCUT2D eigenvalue weighted by Crippen LogP contribution is 2.41. The highest BCUT2D eigenvalue weighted by Gasteiger charge is 2.27. The van der Waals surface area contributed by atoms with Crippen molar-refractivity contribution in [3.8, 4) is 11.5 Å². The lowest BCUT2D eigenvalue weighted by atomic mass is 9.92. The number of methoxy groups -OCH3 is 1. The van der Waals surface area contributed by atoms with Crippen LogP contribution in [0.15, 0.2) is 36.4 Å². The highest BCUT2D eigenvalue weighted by atomic mass is 16.5. The second kappa shape index (κ2) is 5.41. The number of benzene rings is 2. The summed E-state index contributed by atoms with van der Waals surface area (Å²) < 4.78 is 11.4. The Kier molecular flexibility index (Phi) is 3.60. The van der Waals surface area contributed by atoms with Crippen molar-refractivity contribution in [3.05, 3.63) is 58.7 Å². The van der Waals surface area contributed by atoms with Crippen molar-refractivity contribution in [3.63, 3.8) is 0 Å². The molecule has 2 atom stereocenters. The van der Waals surface area contributed by atoms with Gasteiger partial charge in [0.25, 0.3) is 0 Å². The van der Waals surface area contributed by atoms with Gasteiger partial charge in [0.1, 0.15) is 17.6 Å². The number of hydrogen-bond acceptors (Lipinski definition) is 3. The summed E-state index contributed by atoms with van der Waals surface area (Å²) in [7, 11) is 1.66. The van der Waals surface area contributed by atoms with Crippen molar-refractivity contribution in [1.29, 1.82) is 0 Å². The standard InChI is InChI=1S/C18H21NO2/c1-11-6-12(2)8-13(7-11)18-10-16(19)15-9-14(20-3)4-5-17(15)21-18/h4-9,16,18H,10,19H2,1-3H3. The Morgan fingerprint density at radius 3 is 2.48 bits per heavy atom. The zero-order valence-electron chi connectivity index (χ0n) is 12.7. The summed E-state index contributed by atoms with van der Waals surface area (Å²) in [6, 6.07) is 12.3. The number of hydrogen-bond donors (Lipinski definition) is 1. The Bertz CT molecular complexity index is 646. The predicted molar refractivity (Wildman–Crippen MR) is 83.8 cm³/mol. The van der Waals surface area contributed by atoms with Crippen LogP contribution in [-0.4, -0.2) is 7.11 Å². The van der Waals surface area contributed by atoms with Crippen LogP contribution in [0.1, 0.15) is 40.8 Å². The van der Waals surface area contributed by atoms with Crippen molar-refractivity contribution in [2.75, 3.05) is 7.11 Å². The average molecular weight is 283 g/mol. The van der Waals surface area contributed by atoms with Gasteiger partial charge in [0.05, 0.1) is 7.11 Å². The Morgan fingerprint density at radius 2 is 1.81 bits per heavy atom. The Hall–Kier alpha value is -2.00. The molecule has 0 aliphatic carbocycles. The second-order valence-electron chi connectivity index (χ2n) is 5.77. The van der Waals surface area contributed by atoms with E-state index >= 15 is 0 Å². The summed E-state index contributed by atoms with van der Waals surface area (Å²) in [5, 5.41) is 0. The molecule has 2 N–H and O–H groups in total. The number of rotatable bonds is 2. The molecule has 2 unspecified atom stereocenters. The van der Waals surface area contributed by atoms with E-state index in [9.17, 15) is 0 Å². The van der Waals surface area contributed by atoms with Crippen molar-refractivity contribution in [1.82, 2.24) is 0 Å². The average Bonchev–Trinajstić information content (AvgIpc) is 2.46. The molecule has 1 heterocycles. The lowest BCUT2D eigenvalue weighted by Gasteiger charge is -2.31. The minimum Gasteiger partial charge on any atom is -0.497 e. The molecule has 0 aromatic heterocycles. The van der Waals surface area contributed by atoms with Gasteiger partial charge in [0, 0.05) is 18.0 Å². The molecule has 2 aromatic carbocycles. The maximum absolute atomic E-state index is 6.34. The Labute approximate surface area is 125 Å². The van der Waals surface area contributed by atoms with E-state index in [0.717, 1.165) is 23.5 Å². The van der Waals surface area contributed by atoms with Gasteiger partial charge in [-0.3, -0.25) is 0 Å². The van der Waals surface area contributed by atoms with Gasteiger partial charge in [-0.05, 0) is 37.6 Å². The fourth-order valence-electron chi connectivity index (χ4n) is 3.01. The first-order valence-corrected chi connectivity index (χ1v) is 7.25. The molecular formula is C18H21NO2. The third-order valence-corrected chi connectivity index (χ3v) is 3.97. The van der Waals surface area contributed by atoms with Crippen LogP contribution in [0.5, 0.6) is 11.5 Å². The first kappa shape index (κ1) is 14.0. The van der Waals surface area contributed by atoms with Gasteiger partial charge >= 0.3 is 0 Å². The molecule has 1 aliphatic heterocycles. The molecule has 3 nitrogen and oxygen atoms in total. The zero-order valence-corrected chi connectivity index (χ0v) is 12.7. The zero-order chi connectivity index (χ0) is 15.0. The van der Waals surface area contributed by atoms with E-state index in [-0.39, 0.29) is 12.1 Å². The van der Waals surface area contributed by atoms with Crippen molar-refractivity contribution in [2.45, 2.75) is 32.4 Å². The summed E-state index contributed by atoms with van der Waals surface area (Å²) >= 11 is 0. The van der Waals surface area contributed by atoms with Gasteiger partial charge < -0.3 is 15.2 Å². The van der Waals surface area contributed by atoms with Crippen molar-refractivity contribution >= 4 is 0 Å². The fraction of sp³-hybridized carbons (Fsp3) is 0.333. The van der Waals surface area contributed by atoms with Gasteiger partial charge in [-0.25, -0.2) is 0 Å². The van der Waals surface area contributed by atoms with Crippen LogP contribution in [0.4, 0.5) is 0 Å². The van der Waals surface area contributed by atoms with E-state index in [1.54, 1.807) is 7.11 Å². The third kappa shape index (κ3) is 2.74. The van der Waals surface area contributed by atoms with Crippen molar-refractivity contribution < 1.29 is 9.47 Å². The monoisotopic (exact) mass is 283 g/mol. The number of aryl methyl sites for hydroxylation is 2. The van der Waals surface area contributed by atoms with E-state index in [0.29, 0.717) is 0 Å². The topological polar surface area (TPSA) is 44.5 Å². The molecule has 3 rings (SSSR count). The van der Waals surface area contributed by atoms with E-state index in [4.69, 9.17) is 15.2 Å². The van der Waals surface area contributed by atoms with Gasteiger partial charge in [-0.1, -0.05) is 29.3 Å². The minimum absolute atomic E-state index is 0.0134. The molecule has 0 fully saturated rings. The molecule has 0 spiro atoms. The minimum atomic E-state index is -0.0327. The molecule has 0 saturated carbocycles. The molecule has 1 aliphatic rings. The van der Waals surface area contributed by atoms with Gasteiger partial charge in [-0.2, -0.15) is 0 Å². The molecule has 2 aromatic rings. The summed E-state index contributed by atoms with van der Waals surface area (Å²) in [6.07, 6.45) is 0.794. The van der Waals surface area contributed by atoms with E-state index < -0.39 is 0 Å². The molecule has 0 bridgehead atoms. The van der Waals surface area contributed by atoms with Gasteiger partial charge in [-0.15, -0.1) is 0 Å². The number of nitrogens with two attached hydrogens (primary N) is 1. The molecule has 3 heteroatoms. The van der Waals surface area contributed by atoms with E-state index in [1.165, 1.54) is 16.7 Å². The van der Waals surface area contributed by atoms with Gasteiger partial charge in [0.15, 0.2) is 0 Å². The fourth-order valence-corrected chi connectivity index (χ4v) is 3.01. The molecule has 21 heavy (non-hydrogen) atoms. The summed E-state index contributed by atoms with van der Waals surface area (Å²) in [5.74, 6) is 1.68. The van der Waals surface area contributed by atoms with Gasteiger partial charge in [0.2, 0.25) is 0 Å². The maximum atomic E-state index is 6.34. The lowest BCUT2D eigenvalue weighted by Crippen LogP contribution is -2.24. The van der Waals surface area contributed by atoms with E-state index in [2.05, 4.69) is 32.0 Å². The normalized spacial score (nSPS) is 20.6. The van der Waals surface area contributed by atoms with Crippen LogP contribution in [0.25, 0.3) is 0 Å². The maximum Gasteiger partial charge on any atom is 0.126 e. The highest BCUT2D eigenvalue weighted by molar-refractivity contribution is 5.44. The first-order valence-electron chi connectivity index (χ1n) is 7.25. The van der Waals surface area contributed by atoms with Crippen LogP contribution in [0.2, 0.25) is 0 Å². The quantitative estimate of drug-likeness (QED) is 0.911. The first-order chi connectivity index (χ1) is 10.1. The number of ether oxygens (including phenoxy) is 2. The SMILES string of the molecule is COc1ccc2c(c1)C(N)CC(c1cc(C)cc(C)c1)O2. The molecule has 0 saturated heterocycles. The summed E-state index contributed by atoms with van der Waals surface area (Å²) in [6.45, 7) is 4.22. The Morgan fingerprint density at radius 1 is 1.10 bits per heavy atom. The smallest absolute Gasteiger partial charge is 0.126 e. The summed E-state index contributed by atoms with van der Waals surface area (Å²) in [4.78, 5) is 0. The van der Waals surface area contributed by atoms with Crippen LogP contribution < -0.4 is 15.2 Å². The lowest BCUT2D eigenvalue weighted by molar-refractivity contribution is 0.161. The predicted octanol–water partition coefficient (Wildman–Crippen LogP) is 3.84. The van der Waals surface area contributed by atoms with Crippen molar-refractivity contribution in [2.24, 2.45) is 5.73 Å². The molecular weight excluding hydrogens is 262 g/mol. The largest absolute Gasteiger partial charge is 0.497 e. The summed E-state index contributed by atoms with van der Waals surface area (Å²) in [5.41, 5.74) is 11.1. The Balaban J connectivity index is 1.94. The van der Waals surface area contributed by atoms with Crippen LogP contribution in [0.3, 0.4) is 0 Å². The van der Waals surface area contributed by atoms with Crippen LogP contribution in [0, 0.1) is 13.8 Å². The van der Waals surface area contributed by atoms with Crippen LogP contribution >= 0.6 is 0 Å². The molecule has 110 valence electrons.